The normalized spacial score (nSPS) is 14.2. The smallest absolute Gasteiger partial charge is 0.160 e. The zero-order valence-electron chi connectivity index (χ0n) is 20.7. The summed E-state index contributed by atoms with van der Waals surface area (Å²) in [6.45, 7) is 1.77. The average Bonchev–Trinajstić information content (AvgIpc) is 3.75. The summed E-state index contributed by atoms with van der Waals surface area (Å²) < 4.78 is 20.5. The van der Waals surface area contributed by atoms with Gasteiger partial charge >= 0.3 is 0 Å². The molecule has 38 heavy (non-hydrogen) atoms. The van der Waals surface area contributed by atoms with Gasteiger partial charge in [0.15, 0.2) is 11.5 Å². The minimum atomic E-state index is -0.380. The van der Waals surface area contributed by atoms with Crippen molar-refractivity contribution < 1.29 is 8.81 Å². The number of nitrogens with one attached hydrogen (secondary N) is 3. The molecule has 1 aliphatic rings. The van der Waals surface area contributed by atoms with Gasteiger partial charge in [-0.2, -0.15) is 5.10 Å². The molecule has 0 saturated heterocycles. The molecule has 0 bridgehead atoms. The van der Waals surface area contributed by atoms with Gasteiger partial charge in [0.25, 0.3) is 0 Å². The van der Waals surface area contributed by atoms with Crippen LogP contribution in [0.4, 0.5) is 4.39 Å². The Balaban J connectivity index is 1.23. The third-order valence-electron chi connectivity index (χ3n) is 7.43. The van der Waals surface area contributed by atoms with E-state index in [2.05, 4.69) is 36.5 Å². The Morgan fingerprint density at radius 2 is 1.97 bits per heavy atom. The molecule has 0 aliphatic heterocycles. The molecular formula is C29H26FN7O. The van der Waals surface area contributed by atoms with E-state index in [0.29, 0.717) is 33.6 Å². The highest BCUT2D eigenvalue weighted by Crippen LogP contribution is 2.34. The highest BCUT2D eigenvalue weighted by molar-refractivity contribution is 5.97. The quantitative estimate of drug-likeness (QED) is 0.236. The maximum Gasteiger partial charge on any atom is 0.160 e. The number of aromatic nitrogens is 6. The Morgan fingerprint density at radius 1 is 1.05 bits per heavy atom. The van der Waals surface area contributed by atoms with Crippen LogP contribution in [0.3, 0.4) is 0 Å². The van der Waals surface area contributed by atoms with Crippen LogP contribution in [-0.2, 0) is 6.54 Å². The van der Waals surface area contributed by atoms with E-state index >= 15 is 4.39 Å². The van der Waals surface area contributed by atoms with E-state index in [1.807, 2.05) is 24.4 Å². The molecule has 0 amide bonds. The van der Waals surface area contributed by atoms with E-state index in [0.717, 1.165) is 46.8 Å². The Labute approximate surface area is 217 Å². The highest BCUT2D eigenvalue weighted by Gasteiger charge is 2.19. The minimum absolute atomic E-state index is 0.328. The molecule has 190 valence electrons. The highest BCUT2D eigenvalue weighted by atomic mass is 19.1. The fourth-order valence-electron chi connectivity index (χ4n) is 5.48. The lowest BCUT2D eigenvalue weighted by Crippen LogP contribution is -2.20. The van der Waals surface area contributed by atoms with Crippen molar-refractivity contribution in [3.63, 3.8) is 0 Å². The first kappa shape index (κ1) is 22.8. The van der Waals surface area contributed by atoms with Crippen molar-refractivity contribution >= 4 is 22.1 Å². The molecule has 7 rings (SSSR count). The van der Waals surface area contributed by atoms with E-state index in [9.17, 15) is 0 Å². The lowest BCUT2D eigenvalue weighted by molar-refractivity contribution is 0.489. The van der Waals surface area contributed by atoms with Gasteiger partial charge in [-0.05, 0) is 66.8 Å². The van der Waals surface area contributed by atoms with Gasteiger partial charge in [-0.1, -0.05) is 12.8 Å². The molecule has 1 saturated carbocycles. The summed E-state index contributed by atoms with van der Waals surface area (Å²) in [5.41, 5.74) is 6.62. The van der Waals surface area contributed by atoms with E-state index < -0.39 is 0 Å². The lowest BCUT2D eigenvalue weighted by atomic mass is 10.0. The number of furan rings is 1. The van der Waals surface area contributed by atoms with Crippen LogP contribution < -0.4 is 5.32 Å². The van der Waals surface area contributed by atoms with E-state index in [1.54, 1.807) is 24.9 Å². The van der Waals surface area contributed by atoms with Crippen molar-refractivity contribution in [2.24, 2.45) is 5.92 Å². The molecule has 1 aromatic carbocycles. The lowest BCUT2D eigenvalue weighted by Gasteiger charge is -2.11. The Hall–Kier alpha value is -4.37. The number of fused-ring (bicyclic) bond motifs is 2. The second kappa shape index (κ2) is 9.50. The molecule has 0 atom stereocenters. The minimum Gasteiger partial charge on any atom is -0.472 e. The Kier molecular flexibility index (Phi) is 5.70. The standard InChI is InChI=1S/C29H26FN7O/c30-24-11-20(21-9-18(14-32-15-21)13-31-12-17-3-1-2-4-17)10-23-25(24)36-37-27(23)29-34-26-22(19-6-8-38-16-19)5-7-33-28(26)35-29/h5-11,14-17,31H,1-4,12-13H2,(H,36,37)(H,33,34,35). The number of nitrogens with zero attached hydrogens (tertiary/aromatic N) is 4. The van der Waals surface area contributed by atoms with Crippen molar-refractivity contribution in [2.45, 2.75) is 32.2 Å². The predicted octanol–water partition coefficient (Wildman–Crippen LogP) is 6.24. The summed E-state index contributed by atoms with van der Waals surface area (Å²) in [6.07, 6.45) is 13.9. The van der Waals surface area contributed by atoms with Crippen LogP contribution >= 0.6 is 0 Å². The summed E-state index contributed by atoms with van der Waals surface area (Å²) in [7, 11) is 0. The molecule has 0 unspecified atom stereocenters. The van der Waals surface area contributed by atoms with Gasteiger partial charge in [-0.3, -0.25) is 10.1 Å². The zero-order valence-corrected chi connectivity index (χ0v) is 20.7. The Morgan fingerprint density at radius 3 is 2.84 bits per heavy atom. The second-order valence-corrected chi connectivity index (χ2v) is 9.97. The zero-order chi connectivity index (χ0) is 25.5. The van der Waals surface area contributed by atoms with Crippen molar-refractivity contribution in [3.05, 3.63) is 72.8 Å². The fraction of sp³-hybridized carbons (Fsp3) is 0.241. The predicted molar refractivity (Wildman–Crippen MR) is 144 cm³/mol. The number of hydrogen-bond acceptors (Lipinski definition) is 6. The molecular weight excluding hydrogens is 481 g/mol. The SMILES string of the molecule is Fc1cc(-c2cncc(CNCC3CCCC3)c2)cc2c(-c3nc4c(-c5ccoc5)ccnc4[nH]3)n[nH]c12. The third kappa shape index (κ3) is 4.14. The number of hydrogen-bond donors (Lipinski definition) is 3. The largest absolute Gasteiger partial charge is 0.472 e. The second-order valence-electron chi connectivity index (χ2n) is 9.97. The summed E-state index contributed by atoms with van der Waals surface area (Å²) in [5.74, 6) is 0.898. The molecule has 0 spiro atoms. The number of benzene rings is 1. The van der Waals surface area contributed by atoms with Gasteiger partial charge in [0.05, 0.1) is 12.5 Å². The average molecular weight is 508 g/mol. The fourth-order valence-corrected chi connectivity index (χ4v) is 5.48. The third-order valence-corrected chi connectivity index (χ3v) is 7.43. The maximum atomic E-state index is 15.2. The first-order chi connectivity index (χ1) is 18.7. The number of H-pyrrole nitrogens is 2. The molecule has 8 nitrogen and oxygen atoms in total. The first-order valence-electron chi connectivity index (χ1n) is 12.9. The van der Waals surface area contributed by atoms with Crippen LogP contribution in [0, 0.1) is 11.7 Å². The van der Waals surface area contributed by atoms with Gasteiger partial charge in [-0.15, -0.1) is 0 Å². The molecule has 5 heterocycles. The molecule has 1 aliphatic carbocycles. The summed E-state index contributed by atoms with van der Waals surface area (Å²) >= 11 is 0. The van der Waals surface area contributed by atoms with Crippen LogP contribution in [0.2, 0.25) is 0 Å². The van der Waals surface area contributed by atoms with Crippen LogP contribution in [0.25, 0.3) is 55.8 Å². The topological polar surface area (TPSA) is 108 Å². The molecule has 9 heteroatoms. The first-order valence-corrected chi connectivity index (χ1v) is 12.9. The molecule has 5 aromatic heterocycles. The number of halogens is 1. The van der Waals surface area contributed by atoms with Crippen LogP contribution in [-0.4, -0.2) is 36.7 Å². The van der Waals surface area contributed by atoms with Crippen molar-refractivity contribution in [1.29, 1.82) is 0 Å². The van der Waals surface area contributed by atoms with Crippen molar-refractivity contribution in [1.82, 2.24) is 35.5 Å². The number of imidazole rings is 1. The van der Waals surface area contributed by atoms with Gasteiger partial charge in [0.2, 0.25) is 0 Å². The van der Waals surface area contributed by atoms with E-state index in [-0.39, 0.29) is 5.82 Å². The van der Waals surface area contributed by atoms with Gasteiger partial charge in [0, 0.05) is 47.2 Å². The summed E-state index contributed by atoms with van der Waals surface area (Å²) in [4.78, 5) is 16.9. The summed E-state index contributed by atoms with van der Waals surface area (Å²) in [5, 5.41) is 11.5. The van der Waals surface area contributed by atoms with E-state index in [1.165, 1.54) is 31.7 Å². The van der Waals surface area contributed by atoms with Gasteiger partial charge < -0.3 is 14.7 Å². The van der Waals surface area contributed by atoms with Gasteiger partial charge in [0.1, 0.15) is 22.5 Å². The maximum absolute atomic E-state index is 15.2. The van der Waals surface area contributed by atoms with E-state index in [4.69, 9.17) is 9.40 Å². The number of aromatic amines is 2. The molecule has 1 fully saturated rings. The van der Waals surface area contributed by atoms with Crippen LogP contribution in [0.1, 0.15) is 31.2 Å². The van der Waals surface area contributed by atoms with Crippen LogP contribution in [0.5, 0.6) is 0 Å². The number of rotatable bonds is 7. The monoisotopic (exact) mass is 507 g/mol. The summed E-state index contributed by atoms with van der Waals surface area (Å²) in [6, 6.07) is 9.29. The van der Waals surface area contributed by atoms with Crippen molar-refractivity contribution in [3.8, 4) is 33.8 Å². The molecule has 3 N–H and O–H groups in total. The Bertz CT molecular complexity index is 1730. The molecule has 6 aromatic rings. The molecule has 0 radical (unpaired) electrons. The van der Waals surface area contributed by atoms with Crippen molar-refractivity contribution in [2.75, 3.05) is 6.54 Å². The van der Waals surface area contributed by atoms with Gasteiger partial charge in [-0.25, -0.2) is 14.4 Å². The van der Waals surface area contributed by atoms with Crippen LogP contribution in [0.15, 0.2) is 65.9 Å². The number of pyridine rings is 2.